The molecule has 4 aromatic rings. The third-order valence-electron chi connectivity index (χ3n) is 4.68. The first kappa shape index (κ1) is 21.7. The Morgan fingerprint density at radius 3 is 2.65 bits per heavy atom. The molecule has 1 unspecified atom stereocenters. The number of nitrogens with zero attached hydrogens (tertiary/aromatic N) is 2. The van der Waals surface area contributed by atoms with Gasteiger partial charge in [0.05, 0.1) is 10.6 Å². The zero-order valence-electron chi connectivity index (χ0n) is 16.8. The molecule has 4 rings (SSSR count). The monoisotopic (exact) mass is 511 g/mol. The van der Waals surface area contributed by atoms with Gasteiger partial charge in [0, 0.05) is 26.7 Å². The van der Waals surface area contributed by atoms with Crippen LogP contribution in [-0.2, 0) is 4.79 Å². The Labute approximate surface area is 196 Å². The standard InChI is InChI=1S/C23H18BrN3O2S2/c1-13(28)16-4-3-5-18(10-16)27-21(29)14(2)31-23-20-19(11-30-22(20)25-12-26-23)15-6-8-17(24)9-7-15/h3-12,14H,1-2H3,(H,27,29). The van der Waals surface area contributed by atoms with Gasteiger partial charge in [0.1, 0.15) is 16.2 Å². The number of hydrogen-bond donors (Lipinski definition) is 1. The largest absolute Gasteiger partial charge is 0.325 e. The molecule has 1 N–H and O–H groups in total. The molecule has 0 fully saturated rings. The quantitative estimate of drug-likeness (QED) is 0.183. The number of carbonyl (C=O) groups excluding carboxylic acids is 2. The molecule has 0 aliphatic heterocycles. The summed E-state index contributed by atoms with van der Waals surface area (Å²) < 4.78 is 1.01. The highest BCUT2D eigenvalue weighted by molar-refractivity contribution is 9.10. The summed E-state index contributed by atoms with van der Waals surface area (Å²) in [4.78, 5) is 34.2. The maximum absolute atomic E-state index is 12.8. The summed E-state index contributed by atoms with van der Waals surface area (Å²) in [5.74, 6) is -0.197. The topological polar surface area (TPSA) is 72.0 Å². The second kappa shape index (κ2) is 9.30. The van der Waals surface area contributed by atoms with Crippen LogP contribution in [-0.4, -0.2) is 26.9 Å². The fourth-order valence-electron chi connectivity index (χ4n) is 3.06. The van der Waals surface area contributed by atoms with Crippen LogP contribution in [0.25, 0.3) is 21.3 Å². The summed E-state index contributed by atoms with van der Waals surface area (Å²) in [5, 5.41) is 6.30. The molecule has 0 aliphatic rings. The first-order valence-electron chi connectivity index (χ1n) is 9.49. The van der Waals surface area contributed by atoms with Crippen molar-refractivity contribution in [2.45, 2.75) is 24.1 Å². The van der Waals surface area contributed by atoms with E-state index in [0.29, 0.717) is 11.3 Å². The van der Waals surface area contributed by atoms with Gasteiger partial charge in [-0.15, -0.1) is 11.3 Å². The van der Waals surface area contributed by atoms with Gasteiger partial charge in [0.15, 0.2) is 5.78 Å². The highest BCUT2D eigenvalue weighted by Crippen LogP contribution is 2.39. The fraction of sp³-hybridized carbons (Fsp3) is 0.130. The van der Waals surface area contributed by atoms with Crippen LogP contribution in [0.2, 0.25) is 0 Å². The number of halogens is 1. The number of thiophene rings is 1. The van der Waals surface area contributed by atoms with Gasteiger partial charge in [-0.1, -0.05) is 52.0 Å². The number of carbonyl (C=O) groups is 2. The molecule has 0 bridgehead atoms. The molecule has 1 atom stereocenters. The number of hydrogen-bond acceptors (Lipinski definition) is 6. The molecule has 1 amide bonds. The van der Waals surface area contributed by atoms with Crippen LogP contribution in [0.5, 0.6) is 0 Å². The molecule has 8 heteroatoms. The predicted octanol–water partition coefficient (Wildman–Crippen LogP) is 6.44. The molecule has 2 aromatic heterocycles. The molecule has 2 heterocycles. The summed E-state index contributed by atoms with van der Waals surface area (Å²) >= 11 is 6.43. The van der Waals surface area contributed by atoms with Gasteiger partial charge < -0.3 is 5.32 Å². The van der Waals surface area contributed by atoms with Crippen molar-refractivity contribution in [3.63, 3.8) is 0 Å². The minimum Gasteiger partial charge on any atom is -0.325 e. The average Bonchev–Trinajstić information content (AvgIpc) is 3.19. The van der Waals surface area contributed by atoms with Crippen LogP contribution in [0.1, 0.15) is 24.2 Å². The molecule has 0 spiro atoms. The minimum atomic E-state index is -0.392. The van der Waals surface area contributed by atoms with E-state index in [-0.39, 0.29) is 11.7 Å². The van der Waals surface area contributed by atoms with E-state index >= 15 is 0 Å². The van der Waals surface area contributed by atoms with Crippen LogP contribution in [0.4, 0.5) is 5.69 Å². The van der Waals surface area contributed by atoms with Crippen LogP contribution < -0.4 is 5.32 Å². The zero-order valence-corrected chi connectivity index (χ0v) is 20.0. The number of benzene rings is 2. The Hall–Kier alpha value is -2.55. The summed E-state index contributed by atoms with van der Waals surface area (Å²) in [5.41, 5.74) is 3.29. The van der Waals surface area contributed by atoms with Gasteiger partial charge in [0.25, 0.3) is 0 Å². The van der Waals surface area contributed by atoms with E-state index in [0.717, 1.165) is 30.8 Å². The van der Waals surface area contributed by atoms with E-state index in [1.54, 1.807) is 35.6 Å². The van der Waals surface area contributed by atoms with Crippen molar-refractivity contribution in [3.05, 3.63) is 70.3 Å². The average molecular weight is 512 g/mol. The van der Waals surface area contributed by atoms with Gasteiger partial charge in [0.2, 0.25) is 5.91 Å². The highest BCUT2D eigenvalue weighted by atomic mass is 79.9. The Morgan fingerprint density at radius 1 is 1.13 bits per heavy atom. The molecule has 31 heavy (non-hydrogen) atoms. The normalized spacial score (nSPS) is 12.0. The number of anilines is 1. The van der Waals surface area contributed by atoms with E-state index in [1.165, 1.54) is 25.0 Å². The maximum atomic E-state index is 12.8. The molecule has 5 nitrogen and oxygen atoms in total. The Morgan fingerprint density at radius 2 is 1.90 bits per heavy atom. The van der Waals surface area contributed by atoms with Gasteiger partial charge in [-0.25, -0.2) is 9.97 Å². The first-order valence-corrected chi connectivity index (χ1v) is 12.0. The van der Waals surface area contributed by atoms with Crippen LogP contribution in [0, 0.1) is 0 Å². The number of nitrogens with one attached hydrogen (secondary N) is 1. The van der Waals surface area contributed by atoms with Crippen molar-refractivity contribution in [2.24, 2.45) is 0 Å². The maximum Gasteiger partial charge on any atom is 0.237 e. The molecule has 156 valence electrons. The zero-order chi connectivity index (χ0) is 22.0. The third kappa shape index (κ3) is 4.87. The van der Waals surface area contributed by atoms with Gasteiger partial charge in [-0.05, 0) is 43.7 Å². The number of amides is 1. The number of fused-ring (bicyclic) bond motifs is 1. The van der Waals surface area contributed by atoms with Crippen molar-refractivity contribution >= 4 is 66.6 Å². The SMILES string of the molecule is CC(=O)c1cccc(NC(=O)C(C)Sc2ncnc3scc(-c4ccc(Br)cc4)c23)c1. The lowest BCUT2D eigenvalue weighted by atomic mass is 10.1. The van der Waals surface area contributed by atoms with Gasteiger partial charge in [-0.2, -0.15) is 0 Å². The van der Waals surface area contributed by atoms with E-state index in [2.05, 4.69) is 36.6 Å². The smallest absolute Gasteiger partial charge is 0.237 e. The Bertz CT molecular complexity index is 1270. The van der Waals surface area contributed by atoms with Crippen LogP contribution in [0.3, 0.4) is 0 Å². The number of rotatable bonds is 6. The molecular weight excluding hydrogens is 494 g/mol. The van der Waals surface area contributed by atoms with E-state index < -0.39 is 5.25 Å². The van der Waals surface area contributed by atoms with Crippen LogP contribution in [0.15, 0.2) is 69.7 Å². The van der Waals surface area contributed by atoms with E-state index in [1.807, 2.05) is 31.2 Å². The highest BCUT2D eigenvalue weighted by Gasteiger charge is 2.20. The van der Waals surface area contributed by atoms with Crippen molar-refractivity contribution in [2.75, 3.05) is 5.32 Å². The molecule has 0 radical (unpaired) electrons. The van der Waals surface area contributed by atoms with Crippen LogP contribution >= 0.6 is 39.0 Å². The number of ketones is 1. The molecule has 0 saturated heterocycles. The molecule has 0 saturated carbocycles. The first-order chi connectivity index (χ1) is 14.9. The third-order valence-corrected chi connectivity index (χ3v) is 7.20. The van der Waals surface area contributed by atoms with Crippen molar-refractivity contribution in [1.29, 1.82) is 0 Å². The molecule has 0 aliphatic carbocycles. The fourth-order valence-corrected chi connectivity index (χ4v) is 5.24. The number of Topliss-reactive ketones (excluding diaryl/α,β-unsaturated/α-hetero) is 1. The lowest BCUT2D eigenvalue weighted by molar-refractivity contribution is -0.115. The second-order valence-corrected chi connectivity index (χ2v) is 10.0. The second-order valence-electron chi connectivity index (χ2n) is 6.90. The van der Waals surface area contributed by atoms with E-state index in [9.17, 15) is 9.59 Å². The number of aromatic nitrogens is 2. The molecular formula is C23H18BrN3O2S2. The van der Waals surface area contributed by atoms with E-state index in [4.69, 9.17) is 0 Å². The molecule has 2 aromatic carbocycles. The van der Waals surface area contributed by atoms with Crippen molar-refractivity contribution in [3.8, 4) is 11.1 Å². The summed E-state index contributed by atoms with van der Waals surface area (Å²) in [6.07, 6.45) is 1.54. The van der Waals surface area contributed by atoms with Gasteiger partial charge in [-0.3, -0.25) is 9.59 Å². The van der Waals surface area contributed by atoms with Gasteiger partial charge >= 0.3 is 0 Å². The lowest BCUT2D eigenvalue weighted by Crippen LogP contribution is -2.22. The van der Waals surface area contributed by atoms with Crippen molar-refractivity contribution < 1.29 is 9.59 Å². The minimum absolute atomic E-state index is 0.0418. The summed E-state index contributed by atoms with van der Waals surface area (Å²) in [7, 11) is 0. The number of thioether (sulfide) groups is 1. The summed E-state index contributed by atoms with van der Waals surface area (Å²) in [6, 6.07) is 15.0. The summed E-state index contributed by atoms with van der Waals surface area (Å²) in [6.45, 7) is 3.35. The Kier molecular flexibility index (Phi) is 6.50. The van der Waals surface area contributed by atoms with Crippen molar-refractivity contribution in [1.82, 2.24) is 9.97 Å². The lowest BCUT2D eigenvalue weighted by Gasteiger charge is -2.13. The predicted molar refractivity (Wildman–Crippen MR) is 131 cm³/mol. The Balaban J connectivity index is 1.58.